The third kappa shape index (κ3) is 5.74. The topological polar surface area (TPSA) is 83.6 Å². The van der Waals surface area contributed by atoms with E-state index in [1.54, 1.807) is 24.5 Å². The Morgan fingerprint density at radius 1 is 1.41 bits per heavy atom. The molecule has 1 aliphatic rings. The largest absolute Gasteiger partial charge is 0.497 e. The molecule has 1 aromatic carbocycles. The van der Waals surface area contributed by atoms with Crippen molar-refractivity contribution >= 4 is 11.8 Å². The van der Waals surface area contributed by atoms with Gasteiger partial charge in [-0.05, 0) is 24.1 Å². The van der Waals surface area contributed by atoms with Crippen molar-refractivity contribution in [3.8, 4) is 5.75 Å². The van der Waals surface area contributed by atoms with Crippen LogP contribution in [0.4, 0.5) is 4.39 Å². The fraction of sp³-hybridized carbons (Fsp3) is 0.381. The minimum absolute atomic E-state index is 0.0245. The van der Waals surface area contributed by atoms with Gasteiger partial charge in [-0.3, -0.25) is 19.5 Å². The van der Waals surface area contributed by atoms with Gasteiger partial charge in [0.05, 0.1) is 19.6 Å². The lowest BCUT2D eigenvalue weighted by Crippen LogP contribution is -2.56. The van der Waals surface area contributed by atoms with Crippen LogP contribution in [0.25, 0.3) is 0 Å². The molecule has 154 valence electrons. The standard InChI is InChI=1S/C21H25FN4O3/c1-29-17-5-4-16(18(22)11-17)14-26-10-9-25-21(28)19(26)12-20(27)24-8-6-15-3-2-7-23-13-15/h2-5,7,11,13,19H,6,8-10,12,14H2,1H3,(H,24,27)(H,25,28)/t19-/m0/s1. The molecule has 2 amide bonds. The number of nitrogens with zero attached hydrogens (tertiary/aromatic N) is 2. The van der Waals surface area contributed by atoms with Crippen LogP contribution in [0.3, 0.4) is 0 Å². The van der Waals surface area contributed by atoms with Crippen molar-refractivity contribution in [3.05, 3.63) is 59.7 Å². The first-order chi connectivity index (χ1) is 14.1. The fourth-order valence-corrected chi connectivity index (χ4v) is 3.32. The molecule has 0 bridgehead atoms. The lowest BCUT2D eigenvalue weighted by atomic mass is 10.1. The van der Waals surface area contributed by atoms with Crippen LogP contribution >= 0.6 is 0 Å². The van der Waals surface area contributed by atoms with Crippen LogP contribution in [0.2, 0.25) is 0 Å². The smallest absolute Gasteiger partial charge is 0.237 e. The molecular formula is C21H25FN4O3. The van der Waals surface area contributed by atoms with Gasteiger partial charge in [0.25, 0.3) is 0 Å². The number of amides is 2. The SMILES string of the molecule is COc1ccc(CN2CCNC(=O)[C@@H]2CC(=O)NCCc2cccnc2)c(F)c1. The van der Waals surface area contributed by atoms with E-state index >= 15 is 0 Å². The normalized spacial score (nSPS) is 16.9. The molecule has 2 aromatic rings. The number of nitrogens with one attached hydrogen (secondary N) is 2. The number of rotatable bonds is 8. The van der Waals surface area contributed by atoms with Gasteiger partial charge in [0.15, 0.2) is 0 Å². The fourth-order valence-electron chi connectivity index (χ4n) is 3.32. The molecule has 0 aliphatic carbocycles. The van der Waals surface area contributed by atoms with Gasteiger partial charge in [0, 0.05) is 50.2 Å². The maximum Gasteiger partial charge on any atom is 0.237 e. The van der Waals surface area contributed by atoms with E-state index in [-0.39, 0.29) is 24.8 Å². The molecule has 0 saturated carbocycles. The van der Waals surface area contributed by atoms with Gasteiger partial charge >= 0.3 is 0 Å². The molecule has 0 unspecified atom stereocenters. The Morgan fingerprint density at radius 3 is 3.00 bits per heavy atom. The Hall–Kier alpha value is -3.00. The van der Waals surface area contributed by atoms with Crippen molar-refractivity contribution in [2.75, 3.05) is 26.7 Å². The number of hydrogen-bond acceptors (Lipinski definition) is 5. The van der Waals surface area contributed by atoms with Crippen LogP contribution in [-0.4, -0.2) is 54.5 Å². The van der Waals surface area contributed by atoms with Crippen molar-refractivity contribution in [2.24, 2.45) is 0 Å². The monoisotopic (exact) mass is 400 g/mol. The van der Waals surface area contributed by atoms with Gasteiger partial charge in [-0.2, -0.15) is 0 Å². The second kappa shape index (κ2) is 9.97. The molecule has 3 rings (SSSR count). The number of hydrogen-bond donors (Lipinski definition) is 2. The molecule has 1 aromatic heterocycles. The average molecular weight is 400 g/mol. The predicted octanol–water partition coefficient (Wildman–Crippen LogP) is 1.28. The Labute approximate surface area is 169 Å². The maximum absolute atomic E-state index is 14.3. The van der Waals surface area contributed by atoms with Gasteiger partial charge < -0.3 is 15.4 Å². The highest BCUT2D eigenvalue weighted by molar-refractivity contribution is 5.88. The second-order valence-corrected chi connectivity index (χ2v) is 6.90. The summed E-state index contributed by atoms with van der Waals surface area (Å²) in [4.78, 5) is 30.6. The van der Waals surface area contributed by atoms with Crippen molar-refractivity contribution in [1.82, 2.24) is 20.5 Å². The van der Waals surface area contributed by atoms with Crippen molar-refractivity contribution in [3.63, 3.8) is 0 Å². The zero-order chi connectivity index (χ0) is 20.6. The summed E-state index contributed by atoms with van der Waals surface area (Å²) in [5.74, 6) is -0.383. The Kier molecular flexibility index (Phi) is 7.13. The first-order valence-electron chi connectivity index (χ1n) is 9.56. The molecule has 29 heavy (non-hydrogen) atoms. The highest BCUT2D eigenvalue weighted by Crippen LogP contribution is 2.20. The number of piperazine rings is 1. The molecule has 1 fully saturated rings. The molecule has 7 nitrogen and oxygen atoms in total. The first kappa shape index (κ1) is 20.7. The number of methoxy groups -OCH3 is 1. The molecule has 1 atom stereocenters. The predicted molar refractivity (Wildman–Crippen MR) is 106 cm³/mol. The number of pyridine rings is 1. The molecule has 0 spiro atoms. The maximum atomic E-state index is 14.3. The van der Waals surface area contributed by atoms with Gasteiger partial charge in [0.2, 0.25) is 11.8 Å². The molecule has 0 radical (unpaired) electrons. The molecular weight excluding hydrogens is 375 g/mol. The summed E-state index contributed by atoms with van der Waals surface area (Å²) in [6, 6.07) is 7.80. The minimum Gasteiger partial charge on any atom is -0.497 e. The van der Waals surface area contributed by atoms with Crippen molar-refractivity contribution < 1.29 is 18.7 Å². The summed E-state index contributed by atoms with van der Waals surface area (Å²) in [5, 5.41) is 5.63. The summed E-state index contributed by atoms with van der Waals surface area (Å²) in [6.45, 7) is 1.73. The van der Waals surface area contributed by atoms with E-state index < -0.39 is 11.9 Å². The van der Waals surface area contributed by atoms with E-state index in [1.165, 1.54) is 13.2 Å². The lowest BCUT2D eigenvalue weighted by Gasteiger charge is -2.34. The third-order valence-electron chi connectivity index (χ3n) is 4.91. The molecule has 2 heterocycles. The summed E-state index contributed by atoms with van der Waals surface area (Å²) >= 11 is 0. The Balaban J connectivity index is 1.57. The van der Waals surface area contributed by atoms with Crippen LogP contribution in [0.15, 0.2) is 42.7 Å². The highest BCUT2D eigenvalue weighted by atomic mass is 19.1. The van der Waals surface area contributed by atoms with E-state index in [0.717, 1.165) is 5.56 Å². The average Bonchev–Trinajstić information content (AvgIpc) is 2.72. The van der Waals surface area contributed by atoms with Crippen LogP contribution in [0, 0.1) is 5.82 Å². The van der Waals surface area contributed by atoms with E-state index in [9.17, 15) is 14.0 Å². The lowest BCUT2D eigenvalue weighted by molar-refractivity contribution is -0.134. The summed E-state index contributed by atoms with van der Waals surface area (Å²) in [5.41, 5.74) is 1.49. The van der Waals surface area contributed by atoms with E-state index in [2.05, 4.69) is 15.6 Å². The first-order valence-corrected chi connectivity index (χ1v) is 9.56. The molecule has 1 saturated heterocycles. The quantitative estimate of drug-likeness (QED) is 0.698. The Bertz CT molecular complexity index is 847. The van der Waals surface area contributed by atoms with Crippen LogP contribution in [-0.2, 0) is 22.6 Å². The van der Waals surface area contributed by atoms with E-state index in [4.69, 9.17) is 4.74 Å². The van der Waals surface area contributed by atoms with Crippen LogP contribution < -0.4 is 15.4 Å². The summed E-state index contributed by atoms with van der Waals surface area (Å²) in [7, 11) is 1.48. The minimum atomic E-state index is -0.636. The molecule has 8 heteroatoms. The Morgan fingerprint density at radius 2 is 2.28 bits per heavy atom. The number of ether oxygens (including phenoxy) is 1. The zero-order valence-electron chi connectivity index (χ0n) is 16.4. The van der Waals surface area contributed by atoms with Crippen molar-refractivity contribution in [1.29, 1.82) is 0 Å². The summed E-state index contributed by atoms with van der Waals surface area (Å²) < 4.78 is 19.3. The van der Waals surface area contributed by atoms with Gasteiger partial charge in [0.1, 0.15) is 11.6 Å². The van der Waals surface area contributed by atoms with Crippen LogP contribution in [0.1, 0.15) is 17.5 Å². The van der Waals surface area contributed by atoms with Gasteiger partial charge in [-0.15, -0.1) is 0 Å². The second-order valence-electron chi connectivity index (χ2n) is 6.90. The zero-order valence-corrected chi connectivity index (χ0v) is 16.4. The number of carbonyl (C=O) groups excluding carboxylic acids is 2. The van der Waals surface area contributed by atoms with Crippen molar-refractivity contribution in [2.45, 2.75) is 25.4 Å². The van der Waals surface area contributed by atoms with Crippen LogP contribution in [0.5, 0.6) is 5.75 Å². The van der Waals surface area contributed by atoms with E-state index in [0.29, 0.717) is 37.4 Å². The summed E-state index contributed by atoms with van der Waals surface area (Å²) in [6.07, 6.45) is 4.14. The molecule has 2 N–H and O–H groups in total. The van der Waals surface area contributed by atoms with E-state index in [1.807, 2.05) is 17.0 Å². The molecule has 1 aliphatic heterocycles. The number of benzene rings is 1. The highest BCUT2D eigenvalue weighted by Gasteiger charge is 2.32. The van der Waals surface area contributed by atoms with Gasteiger partial charge in [-0.25, -0.2) is 4.39 Å². The third-order valence-corrected chi connectivity index (χ3v) is 4.91. The number of aromatic nitrogens is 1. The number of carbonyl (C=O) groups is 2. The number of halogens is 1. The van der Waals surface area contributed by atoms with Gasteiger partial charge in [-0.1, -0.05) is 12.1 Å².